The van der Waals surface area contributed by atoms with Crippen LogP contribution in [0.25, 0.3) is 0 Å². The van der Waals surface area contributed by atoms with Gasteiger partial charge in [0, 0.05) is 45.0 Å². The van der Waals surface area contributed by atoms with Crippen LogP contribution in [0.15, 0.2) is 36.7 Å². The van der Waals surface area contributed by atoms with E-state index in [1.807, 2.05) is 42.4 Å². The van der Waals surface area contributed by atoms with Crippen molar-refractivity contribution >= 4 is 17.6 Å². The fraction of sp³-hybridized carbons (Fsp3) is 0.389. The number of carbonyl (C=O) groups excluding carboxylic acids is 2. The van der Waals surface area contributed by atoms with Crippen LogP contribution in [0.1, 0.15) is 24.0 Å². The van der Waals surface area contributed by atoms with Crippen molar-refractivity contribution in [2.75, 3.05) is 18.0 Å². The summed E-state index contributed by atoms with van der Waals surface area (Å²) in [6.45, 7) is 1.80. The molecule has 1 saturated heterocycles. The van der Waals surface area contributed by atoms with Gasteiger partial charge in [0.15, 0.2) is 0 Å². The van der Waals surface area contributed by atoms with Crippen LogP contribution in [0.3, 0.4) is 0 Å². The number of urea groups is 1. The number of nitrogens with zero attached hydrogens (tertiary/aromatic N) is 3. The Balaban J connectivity index is 1.40. The molecule has 2 aromatic rings. The predicted molar refractivity (Wildman–Crippen MR) is 95.2 cm³/mol. The Morgan fingerprint density at radius 3 is 2.64 bits per heavy atom. The summed E-state index contributed by atoms with van der Waals surface area (Å²) in [6, 6.07) is 7.55. The summed E-state index contributed by atoms with van der Waals surface area (Å²) in [7, 11) is 1.87. The minimum Gasteiger partial charge on any atom is -0.338 e. The van der Waals surface area contributed by atoms with Gasteiger partial charge in [-0.1, -0.05) is 12.1 Å². The van der Waals surface area contributed by atoms with E-state index in [2.05, 4.69) is 15.7 Å². The number of nitrogens with one attached hydrogen (secondary N) is 2. The molecular formula is C18H23N5O2. The Labute approximate surface area is 147 Å². The topological polar surface area (TPSA) is 79.3 Å². The third-order valence-electron chi connectivity index (χ3n) is 4.23. The number of aryl methyl sites for hydroxylation is 1. The normalized spacial score (nSPS) is 14.0. The van der Waals surface area contributed by atoms with Crippen LogP contribution < -0.4 is 15.5 Å². The van der Waals surface area contributed by atoms with Crippen molar-refractivity contribution < 1.29 is 9.59 Å². The van der Waals surface area contributed by atoms with Crippen molar-refractivity contribution in [1.29, 1.82) is 0 Å². The van der Waals surface area contributed by atoms with Crippen molar-refractivity contribution in [3.8, 4) is 0 Å². The molecule has 2 N–H and O–H groups in total. The van der Waals surface area contributed by atoms with E-state index in [4.69, 9.17) is 0 Å². The van der Waals surface area contributed by atoms with E-state index in [0.717, 1.165) is 36.2 Å². The summed E-state index contributed by atoms with van der Waals surface area (Å²) in [4.78, 5) is 25.4. The highest BCUT2D eigenvalue weighted by Crippen LogP contribution is 2.21. The zero-order valence-electron chi connectivity index (χ0n) is 14.4. The van der Waals surface area contributed by atoms with Gasteiger partial charge in [0.05, 0.1) is 6.20 Å². The van der Waals surface area contributed by atoms with Crippen molar-refractivity contribution in [3.05, 3.63) is 47.8 Å². The summed E-state index contributed by atoms with van der Waals surface area (Å²) >= 11 is 0. The number of anilines is 1. The van der Waals surface area contributed by atoms with Gasteiger partial charge in [-0.15, -0.1) is 0 Å². The summed E-state index contributed by atoms with van der Waals surface area (Å²) in [5.41, 5.74) is 3.01. The highest BCUT2D eigenvalue weighted by Gasteiger charge is 2.21. The Bertz CT molecular complexity index is 738. The molecule has 25 heavy (non-hydrogen) atoms. The molecule has 1 fully saturated rings. The number of carbonyl (C=O) groups is 2. The van der Waals surface area contributed by atoms with Crippen LogP contribution in [0, 0.1) is 0 Å². The van der Waals surface area contributed by atoms with Gasteiger partial charge in [-0.2, -0.15) is 5.10 Å². The average Bonchev–Trinajstić information content (AvgIpc) is 3.22. The maximum absolute atomic E-state index is 11.8. The lowest BCUT2D eigenvalue weighted by Crippen LogP contribution is -2.36. The lowest BCUT2D eigenvalue weighted by Gasteiger charge is -2.16. The third-order valence-corrected chi connectivity index (χ3v) is 4.23. The zero-order chi connectivity index (χ0) is 17.6. The molecule has 1 aliphatic heterocycles. The molecule has 0 saturated carbocycles. The molecule has 3 rings (SSSR count). The summed E-state index contributed by atoms with van der Waals surface area (Å²) in [5, 5.41) is 9.76. The second kappa shape index (κ2) is 7.83. The number of aromatic nitrogens is 2. The minimum absolute atomic E-state index is 0.180. The molecule has 1 aromatic heterocycles. The van der Waals surface area contributed by atoms with Gasteiger partial charge in [-0.05, 0) is 36.1 Å². The van der Waals surface area contributed by atoms with E-state index in [1.54, 1.807) is 10.9 Å². The highest BCUT2D eigenvalue weighted by atomic mass is 16.2. The van der Waals surface area contributed by atoms with E-state index < -0.39 is 0 Å². The summed E-state index contributed by atoms with van der Waals surface area (Å²) in [6.07, 6.45) is 6.03. The lowest BCUT2D eigenvalue weighted by atomic mass is 10.2. The van der Waals surface area contributed by atoms with E-state index >= 15 is 0 Å². The van der Waals surface area contributed by atoms with E-state index in [9.17, 15) is 9.59 Å². The summed E-state index contributed by atoms with van der Waals surface area (Å²) < 4.78 is 1.74. The van der Waals surface area contributed by atoms with Gasteiger partial charge in [-0.3, -0.25) is 9.48 Å². The van der Waals surface area contributed by atoms with E-state index in [-0.39, 0.29) is 11.9 Å². The molecule has 0 aliphatic carbocycles. The molecular weight excluding hydrogens is 318 g/mol. The van der Waals surface area contributed by atoms with Crippen LogP contribution in [0.5, 0.6) is 0 Å². The average molecular weight is 341 g/mol. The Kier molecular flexibility index (Phi) is 5.33. The molecule has 0 spiro atoms. The van der Waals surface area contributed by atoms with Crippen molar-refractivity contribution in [2.24, 2.45) is 7.05 Å². The molecule has 0 bridgehead atoms. The first-order valence-electron chi connectivity index (χ1n) is 8.50. The molecule has 0 radical (unpaired) electrons. The minimum atomic E-state index is -0.192. The molecule has 1 aliphatic rings. The Morgan fingerprint density at radius 2 is 2.00 bits per heavy atom. The van der Waals surface area contributed by atoms with Crippen LogP contribution in [0.4, 0.5) is 10.5 Å². The number of hydrogen-bond donors (Lipinski definition) is 2. The largest absolute Gasteiger partial charge is 0.338 e. The fourth-order valence-electron chi connectivity index (χ4n) is 2.88. The second-order valence-electron chi connectivity index (χ2n) is 6.20. The van der Waals surface area contributed by atoms with Crippen LogP contribution >= 0.6 is 0 Å². The molecule has 1 aromatic carbocycles. The molecule has 0 unspecified atom stereocenters. The number of amides is 3. The first-order valence-corrected chi connectivity index (χ1v) is 8.50. The van der Waals surface area contributed by atoms with E-state index in [1.165, 1.54) is 0 Å². The van der Waals surface area contributed by atoms with Gasteiger partial charge in [0.2, 0.25) is 5.91 Å². The number of rotatable bonds is 6. The van der Waals surface area contributed by atoms with Crippen LogP contribution in [-0.4, -0.2) is 34.8 Å². The fourth-order valence-corrected chi connectivity index (χ4v) is 2.88. The third kappa shape index (κ3) is 4.59. The quantitative estimate of drug-likeness (QED) is 0.837. The van der Waals surface area contributed by atoms with Gasteiger partial charge in [0.25, 0.3) is 0 Å². The monoisotopic (exact) mass is 341 g/mol. The maximum atomic E-state index is 11.8. The van der Waals surface area contributed by atoms with Crippen LogP contribution in [-0.2, 0) is 24.8 Å². The Morgan fingerprint density at radius 1 is 1.20 bits per heavy atom. The Hall–Kier alpha value is -2.83. The van der Waals surface area contributed by atoms with Crippen molar-refractivity contribution in [1.82, 2.24) is 20.4 Å². The lowest BCUT2D eigenvalue weighted by molar-refractivity contribution is -0.117. The molecule has 132 valence electrons. The second-order valence-corrected chi connectivity index (χ2v) is 6.20. The first kappa shape index (κ1) is 17.0. The van der Waals surface area contributed by atoms with Gasteiger partial charge in [-0.25, -0.2) is 4.79 Å². The standard InChI is InChI=1S/C18H23N5O2/c1-22-13-15(12-21-22)8-9-19-18(25)20-11-14-4-6-16(7-5-14)23-10-2-3-17(23)24/h4-7,12-13H,2-3,8-11H2,1H3,(H2,19,20,25). The first-order chi connectivity index (χ1) is 12.1. The number of hydrogen-bond acceptors (Lipinski definition) is 3. The smallest absolute Gasteiger partial charge is 0.315 e. The predicted octanol–water partition coefficient (Wildman–Crippen LogP) is 1.59. The highest BCUT2D eigenvalue weighted by molar-refractivity contribution is 5.95. The van der Waals surface area contributed by atoms with Gasteiger partial charge in [0.1, 0.15) is 0 Å². The summed E-state index contributed by atoms with van der Waals surface area (Å²) in [5.74, 6) is 0.180. The SMILES string of the molecule is Cn1cc(CCNC(=O)NCc2ccc(N3CCCC3=O)cc2)cn1. The molecule has 7 nitrogen and oxygen atoms in total. The maximum Gasteiger partial charge on any atom is 0.315 e. The molecule has 7 heteroatoms. The zero-order valence-corrected chi connectivity index (χ0v) is 14.4. The number of benzene rings is 1. The van der Waals surface area contributed by atoms with Crippen molar-refractivity contribution in [3.63, 3.8) is 0 Å². The van der Waals surface area contributed by atoms with Gasteiger partial charge >= 0.3 is 6.03 Å². The molecule has 2 heterocycles. The molecule has 3 amide bonds. The van der Waals surface area contributed by atoms with Crippen molar-refractivity contribution in [2.45, 2.75) is 25.8 Å². The van der Waals surface area contributed by atoms with Crippen LogP contribution in [0.2, 0.25) is 0 Å². The molecule has 0 atom stereocenters. The van der Waals surface area contributed by atoms with Gasteiger partial charge < -0.3 is 15.5 Å². The van der Waals surface area contributed by atoms with E-state index in [0.29, 0.717) is 19.5 Å².